The lowest BCUT2D eigenvalue weighted by Crippen LogP contribution is -2.66. The molecular weight excluding hydrogens is 594 g/mol. The lowest BCUT2D eigenvalue weighted by molar-refractivity contribution is -0.168. The molecule has 4 aliphatic heterocycles. The molecule has 0 aromatic carbocycles. The summed E-state index contributed by atoms with van der Waals surface area (Å²) in [4.78, 5) is 54.1. The van der Waals surface area contributed by atoms with Crippen molar-refractivity contribution in [3.63, 3.8) is 0 Å². The molecule has 0 saturated carbocycles. The van der Waals surface area contributed by atoms with Crippen LogP contribution in [0.15, 0.2) is 49.2 Å². The Balaban J connectivity index is 1.61. The molecule has 0 aromatic heterocycles. The van der Waals surface area contributed by atoms with Crippen molar-refractivity contribution in [2.24, 2.45) is 5.92 Å². The summed E-state index contributed by atoms with van der Waals surface area (Å²) in [5.41, 5.74) is 0.901. The van der Waals surface area contributed by atoms with Gasteiger partial charge in [-0.2, -0.15) is 0 Å². The van der Waals surface area contributed by atoms with Crippen LogP contribution in [0.2, 0.25) is 19.6 Å². The summed E-state index contributed by atoms with van der Waals surface area (Å²) in [5, 5.41) is 1.95. The van der Waals surface area contributed by atoms with E-state index in [4.69, 9.17) is 23.4 Å². The molecule has 4 aliphatic rings. The Kier molecular flexibility index (Phi) is 10.5. The van der Waals surface area contributed by atoms with Crippen LogP contribution in [0.25, 0.3) is 0 Å². The Morgan fingerprint density at radius 3 is 2.09 bits per heavy atom. The fourth-order valence-corrected chi connectivity index (χ4v) is 8.74. The van der Waals surface area contributed by atoms with Crippen LogP contribution >= 0.6 is 11.8 Å². The van der Waals surface area contributed by atoms with Crippen LogP contribution in [0.3, 0.4) is 0 Å². The normalized spacial score (nSPS) is 25.9. The zero-order valence-electron chi connectivity index (χ0n) is 25.2. The highest BCUT2D eigenvalue weighted by Gasteiger charge is 2.64. The molecule has 1 unspecified atom stereocenters. The number of carbonyl (C=O) groups excluding carboxylic acids is 4. The molecule has 0 aromatic rings. The predicted molar refractivity (Wildman–Crippen MR) is 162 cm³/mol. The average molecular weight is 636 g/mol. The number of hydrogen-bond acceptors (Lipinski definition) is 10. The molecule has 3 saturated heterocycles. The third-order valence-corrected chi connectivity index (χ3v) is 9.97. The quantitative estimate of drug-likeness (QED) is 0.104. The Hall–Kier alpha value is -3.07. The Morgan fingerprint density at radius 1 is 1.00 bits per heavy atom. The van der Waals surface area contributed by atoms with Crippen molar-refractivity contribution < 1.29 is 42.6 Å². The summed E-state index contributed by atoms with van der Waals surface area (Å²) in [6.45, 7) is 19.6. The molecule has 43 heavy (non-hydrogen) atoms. The molecule has 0 bridgehead atoms. The summed E-state index contributed by atoms with van der Waals surface area (Å²) < 4.78 is 28.4. The fraction of sp³-hybridized carbons (Fsp3) is 0.586. The molecular formula is C29H41N3O9SSi. The van der Waals surface area contributed by atoms with E-state index in [-0.39, 0.29) is 67.2 Å². The maximum atomic E-state index is 13.6. The average Bonchev–Trinajstić information content (AvgIpc) is 3.50. The van der Waals surface area contributed by atoms with Crippen LogP contribution in [0.4, 0.5) is 9.59 Å². The number of fused-ring (bicyclic) bond motifs is 3. The van der Waals surface area contributed by atoms with Gasteiger partial charge in [0.2, 0.25) is 5.91 Å². The van der Waals surface area contributed by atoms with Crippen LogP contribution in [-0.2, 0) is 33.0 Å². The number of thioether (sulfide) groups is 1. The second-order valence-corrected chi connectivity index (χ2v) is 17.5. The number of rotatable bonds is 12. The molecule has 0 aliphatic carbocycles. The summed E-state index contributed by atoms with van der Waals surface area (Å²) in [6, 6.07) is -0.386. The van der Waals surface area contributed by atoms with Gasteiger partial charge in [-0.05, 0) is 33.0 Å². The first kappa shape index (κ1) is 32.8. The topological polar surface area (TPSA) is 124 Å². The molecule has 4 heterocycles. The zero-order valence-corrected chi connectivity index (χ0v) is 27.0. The number of hydrogen-bond donors (Lipinski definition) is 0. The monoisotopic (exact) mass is 635 g/mol. The molecule has 0 spiro atoms. The minimum Gasteiger partial charge on any atom is -0.457 e. The smallest absolute Gasteiger partial charge is 0.429 e. The Labute approximate surface area is 257 Å². The second kappa shape index (κ2) is 13.7. The van der Waals surface area contributed by atoms with Crippen molar-refractivity contribution in [3.8, 4) is 0 Å². The van der Waals surface area contributed by atoms with Gasteiger partial charge in [0, 0.05) is 22.7 Å². The van der Waals surface area contributed by atoms with Crippen molar-refractivity contribution in [2.45, 2.75) is 61.7 Å². The highest BCUT2D eigenvalue weighted by atomic mass is 32.2. The highest BCUT2D eigenvalue weighted by molar-refractivity contribution is 8.00. The standard InChI is InChI=1S/C29H41N3O9SSi/c1-8-12-38-27(34)24-22-20(11-15-37-25(22)23-21(26(33)32(23)24)18(4)41-43(5,6)7)42-19-16-30(28(35)39-13-9-2)31(17-19)29(36)40-14-10-3/h8-10,18-21,23,25H,1-3,11-17H2,4-7H3/t18-,20?,21-,23+,25+/m1/s1. The van der Waals surface area contributed by atoms with E-state index in [0.29, 0.717) is 18.6 Å². The van der Waals surface area contributed by atoms with Gasteiger partial charge in [0.15, 0.2) is 8.32 Å². The van der Waals surface area contributed by atoms with E-state index in [1.165, 1.54) is 44.9 Å². The van der Waals surface area contributed by atoms with E-state index in [1.54, 1.807) is 0 Å². The van der Waals surface area contributed by atoms with Crippen molar-refractivity contribution >= 4 is 44.1 Å². The fourth-order valence-electron chi connectivity index (χ4n) is 5.94. The molecule has 236 valence electrons. The van der Waals surface area contributed by atoms with Gasteiger partial charge in [-0.3, -0.25) is 9.69 Å². The number of β-lactam (4-membered cyclic amide) rings is 1. The summed E-state index contributed by atoms with van der Waals surface area (Å²) in [7, 11) is -1.95. The Morgan fingerprint density at radius 2 is 1.56 bits per heavy atom. The molecule has 3 amide bonds. The third kappa shape index (κ3) is 6.87. The molecule has 0 radical (unpaired) electrons. The SMILES string of the molecule is C=CCOC(=O)C1=C2C(SC3CN(C(=O)OCC=C)N(C(=O)OCC=C)C3)CCO[C@@H]2[C@@H]2[C@@H]([C@@H](C)O[Si](C)(C)C)C(=O)N12. The molecule has 3 fully saturated rings. The van der Waals surface area contributed by atoms with Gasteiger partial charge in [-0.1, -0.05) is 38.0 Å². The summed E-state index contributed by atoms with van der Waals surface area (Å²) in [5.74, 6) is -1.26. The predicted octanol–water partition coefficient (Wildman–Crippen LogP) is 3.49. The minimum absolute atomic E-state index is 0.00358. The number of esters is 1. The summed E-state index contributed by atoms with van der Waals surface area (Å²) in [6.07, 6.45) is 2.66. The number of amides is 3. The van der Waals surface area contributed by atoms with Gasteiger partial charge in [0.05, 0.1) is 31.2 Å². The van der Waals surface area contributed by atoms with Gasteiger partial charge in [-0.25, -0.2) is 24.4 Å². The van der Waals surface area contributed by atoms with Crippen LogP contribution in [0, 0.1) is 5.92 Å². The maximum Gasteiger partial charge on any atom is 0.429 e. The van der Waals surface area contributed by atoms with Gasteiger partial charge in [0.1, 0.15) is 31.6 Å². The molecule has 5 atom stereocenters. The van der Waals surface area contributed by atoms with Crippen molar-refractivity contribution in [1.82, 2.24) is 14.9 Å². The van der Waals surface area contributed by atoms with Crippen molar-refractivity contribution in [3.05, 3.63) is 49.2 Å². The van der Waals surface area contributed by atoms with E-state index in [9.17, 15) is 19.2 Å². The first-order chi connectivity index (χ1) is 20.4. The molecule has 4 rings (SSSR count). The van der Waals surface area contributed by atoms with Gasteiger partial charge < -0.3 is 23.4 Å². The van der Waals surface area contributed by atoms with Crippen molar-refractivity contribution in [1.29, 1.82) is 0 Å². The van der Waals surface area contributed by atoms with Gasteiger partial charge >= 0.3 is 18.2 Å². The van der Waals surface area contributed by atoms with E-state index in [1.807, 2.05) is 6.92 Å². The first-order valence-electron chi connectivity index (χ1n) is 14.3. The van der Waals surface area contributed by atoms with Crippen LogP contribution in [-0.4, -0.2) is 116 Å². The highest BCUT2D eigenvalue weighted by Crippen LogP contribution is 2.51. The number of ether oxygens (including phenoxy) is 4. The first-order valence-corrected chi connectivity index (χ1v) is 18.7. The molecule has 14 heteroatoms. The van der Waals surface area contributed by atoms with Gasteiger partial charge in [-0.15, -0.1) is 11.8 Å². The largest absolute Gasteiger partial charge is 0.457 e. The minimum atomic E-state index is -1.95. The molecule has 12 nitrogen and oxygen atoms in total. The number of nitrogens with zero attached hydrogens (tertiary/aromatic N) is 3. The lowest BCUT2D eigenvalue weighted by atomic mass is 9.80. The zero-order chi connectivity index (χ0) is 31.5. The maximum absolute atomic E-state index is 13.6. The molecule has 0 N–H and O–H groups in total. The van der Waals surface area contributed by atoms with E-state index in [0.717, 1.165) is 0 Å². The summed E-state index contributed by atoms with van der Waals surface area (Å²) >= 11 is 1.52. The lowest BCUT2D eigenvalue weighted by Gasteiger charge is -2.49. The second-order valence-electron chi connectivity index (χ2n) is 11.6. The van der Waals surface area contributed by atoms with Crippen LogP contribution in [0.1, 0.15) is 13.3 Å². The van der Waals surface area contributed by atoms with Crippen LogP contribution < -0.4 is 0 Å². The van der Waals surface area contributed by atoms with Gasteiger partial charge in [0.25, 0.3) is 0 Å². The van der Waals surface area contributed by atoms with E-state index in [2.05, 4.69) is 39.4 Å². The number of carbonyl (C=O) groups is 4. The van der Waals surface area contributed by atoms with E-state index < -0.39 is 38.5 Å². The number of hydrazine groups is 1. The van der Waals surface area contributed by atoms with Crippen LogP contribution in [0.5, 0.6) is 0 Å². The Bertz CT molecular complexity index is 1160. The van der Waals surface area contributed by atoms with E-state index >= 15 is 0 Å². The third-order valence-electron chi connectivity index (χ3n) is 7.39. The van der Waals surface area contributed by atoms with Crippen molar-refractivity contribution in [2.75, 3.05) is 39.5 Å².